The zero-order valence-electron chi connectivity index (χ0n) is 13.1. The minimum atomic E-state index is -0.400. The van der Waals surface area contributed by atoms with Crippen LogP contribution >= 0.6 is 22.6 Å². The summed E-state index contributed by atoms with van der Waals surface area (Å²) in [5.74, 6) is -0.378. The fourth-order valence-electron chi connectivity index (χ4n) is 3.00. The molecule has 1 amide bonds. The number of hydrogen-bond acceptors (Lipinski definition) is 2. The average Bonchev–Trinajstić information content (AvgIpc) is 2.63. The number of anilines is 2. The molecule has 0 aromatic heterocycles. The summed E-state index contributed by atoms with van der Waals surface area (Å²) >= 11 is 2.23. The highest BCUT2D eigenvalue weighted by molar-refractivity contribution is 14.1. The summed E-state index contributed by atoms with van der Waals surface area (Å²) in [5, 5.41) is 3.41. The number of hydrogen-bond donors (Lipinski definition) is 1. The van der Waals surface area contributed by atoms with Crippen molar-refractivity contribution < 1.29 is 9.18 Å². The summed E-state index contributed by atoms with van der Waals surface area (Å²) in [4.78, 5) is 14.9. The van der Waals surface area contributed by atoms with Crippen LogP contribution in [-0.2, 0) is 0 Å². The lowest BCUT2D eigenvalue weighted by Gasteiger charge is -2.38. The quantitative estimate of drug-likeness (QED) is 0.552. The van der Waals surface area contributed by atoms with E-state index in [2.05, 4.69) is 27.9 Å². The van der Waals surface area contributed by atoms with Crippen LogP contribution < -0.4 is 10.2 Å². The number of nitrogens with zero attached hydrogens (tertiary/aromatic N) is 1. The van der Waals surface area contributed by atoms with Crippen molar-refractivity contribution in [3.63, 3.8) is 0 Å². The molecule has 1 heterocycles. The number of nitrogens with one attached hydrogen (secondary N) is 1. The Balaban J connectivity index is 1.85. The predicted octanol–water partition coefficient (Wildman–Crippen LogP) is 5.20. The normalized spacial score (nSPS) is 16.3. The Hall–Kier alpha value is -2.41. The molecule has 1 aliphatic heterocycles. The van der Waals surface area contributed by atoms with Gasteiger partial charge in [-0.3, -0.25) is 9.69 Å². The van der Waals surface area contributed by atoms with Crippen LogP contribution in [0.15, 0.2) is 72.8 Å². The van der Waals surface area contributed by atoms with Crippen molar-refractivity contribution in [1.29, 1.82) is 0 Å². The van der Waals surface area contributed by atoms with Gasteiger partial charge in [-0.15, -0.1) is 0 Å². The van der Waals surface area contributed by atoms with E-state index in [1.165, 1.54) is 12.1 Å². The minimum Gasteiger partial charge on any atom is -0.360 e. The van der Waals surface area contributed by atoms with Crippen molar-refractivity contribution >= 4 is 39.9 Å². The number of carbonyl (C=O) groups is 1. The molecule has 4 rings (SSSR count). The van der Waals surface area contributed by atoms with E-state index < -0.39 is 6.17 Å². The smallest absolute Gasteiger partial charge is 0.262 e. The third-order valence-electron chi connectivity index (χ3n) is 4.22. The fraction of sp³-hybridized carbons (Fsp3) is 0.0500. The number of fused-ring (bicyclic) bond motifs is 1. The van der Waals surface area contributed by atoms with E-state index in [9.17, 15) is 9.18 Å². The molecule has 25 heavy (non-hydrogen) atoms. The van der Waals surface area contributed by atoms with Crippen molar-refractivity contribution in [3.8, 4) is 0 Å². The van der Waals surface area contributed by atoms with E-state index in [1.807, 2.05) is 48.5 Å². The lowest BCUT2D eigenvalue weighted by molar-refractivity contribution is 0.0975. The fourth-order valence-corrected chi connectivity index (χ4v) is 3.36. The first-order valence-electron chi connectivity index (χ1n) is 7.83. The van der Waals surface area contributed by atoms with Crippen LogP contribution in [0.3, 0.4) is 0 Å². The highest BCUT2D eigenvalue weighted by atomic mass is 127. The second-order valence-corrected chi connectivity index (χ2v) is 7.04. The van der Waals surface area contributed by atoms with Gasteiger partial charge in [0.25, 0.3) is 5.91 Å². The third kappa shape index (κ3) is 3.00. The van der Waals surface area contributed by atoms with Crippen molar-refractivity contribution in [2.45, 2.75) is 6.17 Å². The monoisotopic (exact) mass is 444 g/mol. The van der Waals surface area contributed by atoms with Crippen LogP contribution in [0.4, 0.5) is 15.8 Å². The maximum atomic E-state index is 13.3. The summed E-state index contributed by atoms with van der Waals surface area (Å²) in [6.45, 7) is 0. The number of carbonyl (C=O) groups excluding carboxylic acids is 1. The van der Waals surface area contributed by atoms with Crippen LogP contribution in [-0.4, -0.2) is 5.91 Å². The Morgan fingerprint density at radius 3 is 2.32 bits per heavy atom. The van der Waals surface area contributed by atoms with Crippen molar-refractivity contribution in [3.05, 3.63) is 93.3 Å². The van der Waals surface area contributed by atoms with Gasteiger partial charge >= 0.3 is 0 Å². The maximum Gasteiger partial charge on any atom is 0.262 e. The third-order valence-corrected chi connectivity index (χ3v) is 4.94. The molecule has 5 heteroatoms. The van der Waals surface area contributed by atoms with Gasteiger partial charge in [0.1, 0.15) is 12.0 Å². The summed E-state index contributed by atoms with van der Waals surface area (Å²) in [7, 11) is 0. The van der Waals surface area contributed by atoms with Gasteiger partial charge in [0, 0.05) is 14.9 Å². The van der Waals surface area contributed by atoms with Gasteiger partial charge in [0.15, 0.2) is 0 Å². The molecule has 3 aromatic carbocycles. The minimum absolute atomic E-state index is 0.0788. The molecule has 3 aromatic rings. The highest BCUT2D eigenvalue weighted by Crippen LogP contribution is 2.36. The molecular formula is C20H14FIN2O. The van der Waals surface area contributed by atoms with E-state index in [1.54, 1.807) is 17.0 Å². The first-order chi connectivity index (χ1) is 12.1. The van der Waals surface area contributed by atoms with E-state index in [0.717, 1.165) is 20.5 Å². The Morgan fingerprint density at radius 1 is 0.920 bits per heavy atom. The Labute approximate surface area is 158 Å². The summed E-state index contributed by atoms with van der Waals surface area (Å²) in [6.07, 6.45) is -0.400. The molecule has 1 N–H and O–H groups in total. The standard InChI is InChI=1S/C20H14FIN2O/c21-14-7-5-13(6-8-14)19-23-18-4-2-1-3-17(18)20(25)24(19)16-11-9-15(22)10-12-16/h1-12,19,23H/t19-/m1/s1. The van der Waals surface area contributed by atoms with Crippen molar-refractivity contribution in [1.82, 2.24) is 0 Å². The van der Waals surface area contributed by atoms with Crippen molar-refractivity contribution in [2.75, 3.05) is 10.2 Å². The SMILES string of the molecule is O=C1c2ccccc2N[C@@H](c2ccc(F)cc2)N1c1ccc(I)cc1. The van der Waals surface area contributed by atoms with Gasteiger partial charge in [0.2, 0.25) is 0 Å². The van der Waals surface area contributed by atoms with Crippen LogP contribution in [0.1, 0.15) is 22.1 Å². The molecule has 1 aliphatic rings. The van der Waals surface area contributed by atoms with Gasteiger partial charge < -0.3 is 5.32 Å². The van der Waals surface area contributed by atoms with Crippen molar-refractivity contribution in [2.24, 2.45) is 0 Å². The zero-order chi connectivity index (χ0) is 17.4. The van der Waals surface area contributed by atoms with Crippen LogP contribution in [0.5, 0.6) is 0 Å². The number of benzene rings is 3. The largest absolute Gasteiger partial charge is 0.360 e. The molecule has 1 atom stereocenters. The summed E-state index contributed by atoms with van der Waals surface area (Å²) < 4.78 is 14.4. The molecule has 3 nitrogen and oxygen atoms in total. The van der Waals surface area contributed by atoms with E-state index >= 15 is 0 Å². The summed E-state index contributed by atoms with van der Waals surface area (Å²) in [5.41, 5.74) is 3.02. The van der Waals surface area contributed by atoms with Gasteiger partial charge in [-0.2, -0.15) is 0 Å². The zero-order valence-corrected chi connectivity index (χ0v) is 15.3. The lowest BCUT2D eigenvalue weighted by Crippen LogP contribution is -2.43. The number of para-hydroxylation sites is 1. The first-order valence-corrected chi connectivity index (χ1v) is 8.91. The molecule has 0 unspecified atom stereocenters. The van der Waals surface area contributed by atoms with Crippen LogP contribution in [0, 0.1) is 9.39 Å². The average molecular weight is 444 g/mol. The van der Waals surface area contributed by atoms with Crippen LogP contribution in [0.2, 0.25) is 0 Å². The lowest BCUT2D eigenvalue weighted by atomic mass is 10.0. The van der Waals surface area contributed by atoms with Gasteiger partial charge in [-0.05, 0) is 76.7 Å². The molecular weight excluding hydrogens is 430 g/mol. The predicted molar refractivity (Wildman–Crippen MR) is 105 cm³/mol. The molecule has 124 valence electrons. The van der Waals surface area contributed by atoms with Crippen LogP contribution in [0.25, 0.3) is 0 Å². The first kappa shape index (κ1) is 16.1. The van der Waals surface area contributed by atoms with Gasteiger partial charge in [-0.1, -0.05) is 24.3 Å². The summed E-state index contributed by atoms with van der Waals surface area (Å²) in [6, 6.07) is 21.4. The Morgan fingerprint density at radius 2 is 1.60 bits per heavy atom. The Kier molecular flexibility index (Phi) is 4.17. The molecule has 0 radical (unpaired) electrons. The number of amides is 1. The highest BCUT2D eigenvalue weighted by Gasteiger charge is 2.33. The molecule has 0 spiro atoms. The molecule has 0 saturated heterocycles. The van der Waals surface area contributed by atoms with E-state index in [0.29, 0.717) is 5.56 Å². The van der Waals surface area contributed by atoms with E-state index in [-0.39, 0.29) is 11.7 Å². The second-order valence-electron chi connectivity index (χ2n) is 5.80. The van der Waals surface area contributed by atoms with E-state index in [4.69, 9.17) is 0 Å². The number of rotatable bonds is 2. The van der Waals surface area contributed by atoms with Gasteiger partial charge in [0.05, 0.1) is 5.56 Å². The number of halogens is 2. The Bertz CT molecular complexity index is 925. The topological polar surface area (TPSA) is 32.3 Å². The molecule has 0 aliphatic carbocycles. The molecule has 0 bridgehead atoms. The molecule has 0 saturated carbocycles. The maximum absolute atomic E-state index is 13.3. The molecule has 0 fully saturated rings. The second kappa shape index (κ2) is 6.48. The van der Waals surface area contributed by atoms with Gasteiger partial charge in [-0.25, -0.2) is 4.39 Å².